The first-order valence-electron chi connectivity index (χ1n) is 6.71. The van der Waals surface area contributed by atoms with E-state index in [4.69, 9.17) is 0 Å². The lowest BCUT2D eigenvalue weighted by Gasteiger charge is -2.09. The van der Waals surface area contributed by atoms with Gasteiger partial charge in [0.2, 0.25) is 0 Å². The van der Waals surface area contributed by atoms with Crippen molar-refractivity contribution in [3.63, 3.8) is 0 Å². The number of pyridine rings is 2. The van der Waals surface area contributed by atoms with Crippen molar-refractivity contribution >= 4 is 41.0 Å². The topological polar surface area (TPSA) is 100 Å². The third kappa shape index (κ3) is 3.19. The maximum atomic E-state index is 11.3. The van der Waals surface area contributed by atoms with Crippen LogP contribution in [-0.2, 0) is 9.59 Å². The van der Waals surface area contributed by atoms with Crippen molar-refractivity contribution < 1.29 is 19.8 Å². The number of thioether (sulfide) groups is 2. The summed E-state index contributed by atoms with van der Waals surface area (Å²) in [5.41, 5.74) is 1.81. The van der Waals surface area contributed by atoms with Gasteiger partial charge in [-0.05, 0) is 24.3 Å². The van der Waals surface area contributed by atoms with Crippen molar-refractivity contribution in [3.8, 4) is 0 Å². The fourth-order valence-corrected chi connectivity index (χ4v) is 4.49. The highest BCUT2D eigenvalue weighted by molar-refractivity contribution is 8.29. The molecule has 24 heavy (non-hydrogen) atoms. The van der Waals surface area contributed by atoms with E-state index in [-0.39, 0.29) is 9.81 Å². The van der Waals surface area contributed by atoms with E-state index in [0.29, 0.717) is 21.2 Å². The minimum absolute atomic E-state index is 0.202. The van der Waals surface area contributed by atoms with Crippen molar-refractivity contribution in [2.75, 3.05) is 0 Å². The molecule has 2 aromatic heterocycles. The molecule has 1 aliphatic heterocycles. The van der Waals surface area contributed by atoms with Gasteiger partial charge in [-0.3, -0.25) is 9.97 Å². The highest BCUT2D eigenvalue weighted by Gasteiger charge is 2.33. The summed E-state index contributed by atoms with van der Waals surface area (Å²) in [4.78, 5) is 30.9. The maximum absolute atomic E-state index is 11.3. The molecule has 0 unspecified atom stereocenters. The summed E-state index contributed by atoms with van der Waals surface area (Å²) in [5, 5.41) is 18.5. The maximum Gasteiger partial charge on any atom is 0.344 e. The highest BCUT2D eigenvalue weighted by Crippen LogP contribution is 2.53. The molecule has 2 aromatic rings. The Balaban J connectivity index is 2.16. The molecule has 6 nitrogen and oxygen atoms in total. The predicted molar refractivity (Wildman–Crippen MR) is 92.0 cm³/mol. The van der Waals surface area contributed by atoms with Gasteiger partial charge in [-0.15, -0.1) is 0 Å². The summed E-state index contributed by atoms with van der Waals surface area (Å²) in [6.45, 7) is 0. The normalized spacial score (nSPS) is 13.9. The molecule has 0 bridgehead atoms. The Kier molecular flexibility index (Phi) is 4.68. The van der Waals surface area contributed by atoms with Crippen LogP contribution in [0, 0.1) is 0 Å². The first kappa shape index (κ1) is 16.3. The highest BCUT2D eigenvalue weighted by atomic mass is 32.2. The smallest absolute Gasteiger partial charge is 0.344 e. The summed E-state index contributed by atoms with van der Waals surface area (Å²) >= 11 is 1.83. The number of hydrogen-bond donors (Lipinski definition) is 2. The fourth-order valence-electron chi connectivity index (χ4n) is 2.04. The Morgan fingerprint density at radius 3 is 1.58 bits per heavy atom. The Morgan fingerprint density at radius 1 is 0.792 bits per heavy atom. The van der Waals surface area contributed by atoms with Crippen LogP contribution in [0.4, 0.5) is 0 Å². The average molecular weight is 358 g/mol. The lowest BCUT2D eigenvalue weighted by atomic mass is 10.1. The standard InChI is InChI=1S/C16H10N2O4S2/c19-14(20)12-13(15(21)22)24-16(23-12)11(9-5-1-3-7-17-9)10-6-2-4-8-18-10/h1-8H,(H,19,20)(H,21,22). The van der Waals surface area contributed by atoms with Gasteiger partial charge in [0.25, 0.3) is 0 Å². The Labute approximate surface area is 145 Å². The molecule has 0 saturated heterocycles. The lowest BCUT2D eigenvalue weighted by Crippen LogP contribution is -2.03. The molecule has 0 radical (unpaired) electrons. The van der Waals surface area contributed by atoms with Gasteiger partial charge in [-0.1, -0.05) is 35.7 Å². The van der Waals surface area contributed by atoms with E-state index < -0.39 is 11.9 Å². The van der Waals surface area contributed by atoms with Crippen LogP contribution in [0.5, 0.6) is 0 Å². The molecular formula is C16H10N2O4S2. The van der Waals surface area contributed by atoms with Crippen LogP contribution in [0.25, 0.3) is 5.57 Å². The zero-order chi connectivity index (χ0) is 17.1. The van der Waals surface area contributed by atoms with Crippen LogP contribution in [0.2, 0.25) is 0 Å². The third-order valence-corrected chi connectivity index (χ3v) is 5.60. The van der Waals surface area contributed by atoms with Gasteiger partial charge in [-0.25, -0.2) is 9.59 Å². The number of carbonyl (C=O) groups is 2. The molecule has 0 spiro atoms. The molecule has 1 aliphatic rings. The minimum atomic E-state index is -1.26. The monoisotopic (exact) mass is 358 g/mol. The van der Waals surface area contributed by atoms with Crippen LogP contribution in [-0.4, -0.2) is 32.1 Å². The molecule has 3 heterocycles. The van der Waals surface area contributed by atoms with Gasteiger partial charge < -0.3 is 10.2 Å². The lowest BCUT2D eigenvalue weighted by molar-refractivity contribution is -0.134. The van der Waals surface area contributed by atoms with Crippen LogP contribution >= 0.6 is 23.5 Å². The molecule has 0 aliphatic carbocycles. The zero-order valence-corrected chi connectivity index (χ0v) is 13.7. The van der Waals surface area contributed by atoms with E-state index in [2.05, 4.69) is 9.97 Å². The second-order valence-electron chi connectivity index (χ2n) is 4.57. The summed E-state index contributed by atoms with van der Waals surface area (Å²) < 4.78 is 0.530. The number of aromatic nitrogens is 2. The molecule has 8 heteroatoms. The Bertz CT molecular complexity index is 795. The fraction of sp³-hybridized carbons (Fsp3) is 0. The van der Waals surface area contributed by atoms with Gasteiger partial charge in [-0.2, -0.15) is 0 Å². The van der Waals surface area contributed by atoms with Gasteiger partial charge in [0, 0.05) is 18.0 Å². The average Bonchev–Trinajstić information content (AvgIpc) is 3.03. The van der Waals surface area contributed by atoms with Crippen LogP contribution in [0.3, 0.4) is 0 Å². The van der Waals surface area contributed by atoms with Crippen molar-refractivity contribution in [3.05, 3.63) is 74.2 Å². The Morgan fingerprint density at radius 2 is 1.25 bits per heavy atom. The second-order valence-corrected chi connectivity index (χ2v) is 6.86. The first-order valence-corrected chi connectivity index (χ1v) is 8.35. The summed E-state index contributed by atoms with van der Waals surface area (Å²) in [6.07, 6.45) is 3.24. The molecule has 0 fully saturated rings. The van der Waals surface area contributed by atoms with Gasteiger partial charge >= 0.3 is 11.9 Å². The number of carboxylic acids is 2. The van der Waals surface area contributed by atoms with Gasteiger partial charge in [0.15, 0.2) is 0 Å². The number of hydrogen-bond acceptors (Lipinski definition) is 6. The van der Waals surface area contributed by atoms with E-state index in [9.17, 15) is 19.8 Å². The number of nitrogens with zero attached hydrogens (tertiary/aromatic N) is 2. The molecule has 0 aromatic carbocycles. The minimum Gasteiger partial charge on any atom is -0.477 e. The quantitative estimate of drug-likeness (QED) is 0.860. The Hall–Kier alpha value is -2.58. The van der Waals surface area contributed by atoms with E-state index >= 15 is 0 Å². The van der Waals surface area contributed by atoms with E-state index in [0.717, 1.165) is 23.5 Å². The van der Waals surface area contributed by atoms with Crippen LogP contribution in [0.1, 0.15) is 11.4 Å². The molecule has 0 saturated carbocycles. The van der Waals surface area contributed by atoms with Crippen LogP contribution < -0.4 is 0 Å². The molecule has 3 rings (SSSR count). The van der Waals surface area contributed by atoms with E-state index in [1.165, 1.54) is 0 Å². The van der Waals surface area contributed by atoms with Crippen molar-refractivity contribution in [1.29, 1.82) is 0 Å². The van der Waals surface area contributed by atoms with Gasteiger partial charge in [0.1, 0.15) is 9.81 Å². The molecule has 0 amide bonds. The van der Waals surface area contributed by atoms with Crippen molar-refractivity contribution in [1.82, 2.24) is 9.97 Å². The SMILES string of the molecule is O=C(O)C1=C(C(=O)O)SC(=C(c2ccccn2)c2ccccn2)S1. The second kappa shape index (κ2) is 6.90. The predicted octanol–water partition coefficient (Wildman–Crippen LogP) is 3.05. The molecule has 120 valence electrons. The summed E-state index contributed by atoms with van der Waals surface area (Å²) in [6, 6.07) is 10.7. The third-order valence-electron chi connectivity index (χ3n) is 3.03. The van der Waals surface area contributed by atoms with Gasteiger partial charge in [0.05, 0.1) is 15.6 Å². The zero-order valence-electron chi connectivity index (χ0n) is 12.0. The van der Waals surface area contributed by atoms with E-state index in [1.807, 2.05) is 0 Å². The summed E-state index contributed by atoms with van der Waals surface area (Å²) in [7, 11) is 0. The number of aliphatic carboxylic acids is 2. The molecule has 2 N–H and O–H groups in total. The molecule has 0 atom stereocenters. The number of carboxylic acid groups (broad SMARTS) is 2. The number of rotatable bonds is 4. The summed E-state index contributed by atoms with van der Waals surface area (Å²) in [5.74, 6) is -2.53. The molecular weight excluding hydrogens is 348 g/mol. The van der Waals surface area contributed by atoms with E-state index in [1.54, 1.807) is 48.8 Å². The van der Waals surface area contributed by atoms with Crippen LogP contribution in [0.15, 0.2) is 62.8 Å². The largest absolute Gasteiger partial charge is 0.477 e. The van der Waals surface area contributed by atoms with Crippen molar-refractivity contribution in [2.45, 2.75) is 0 Å². The van der Waals surface area contributed by atoms with Crippen molar-refractivity contribution in [2.24, 2.45) is 0 Å². The first-order chi connectivity index (χ1) is 11.6.